The second-order valence-corrected chi connectivity index (χ2v) is 9.02. The van der Waals surface area contributed by atoms with Crippen LogP contribution in [0.15, 0.2) is 60.7 Å². The number of amides is 4. The molecule has 0 unspecified atom stereocenters. The van der Waals surface area contributed by atoms with Gasteiger partial charge in [-0.1, -0.05) is 60.7 Å². The first-order chi connectivity index (χ1) is 16.1. The van der Waals surface area contributed by atoms with Gasteiger partial charge in [0.25, 0.3) is 5.91 Å². The maximum Gasteiger partial charge on any atom is 0.326 e. The molecule has 2 aromatic rings. The summed E-state index contributed by atoms with van der Waals surface area (Å²) in [7, 11) is 0. The van der Waals surface area contributed by atoms with Crippen molar-refractivity contribution in [1.29, 1.82) is 0 Å². The number of hydrogen-bond acceptors (Lipinski definition) is 5. The average molecular weight is 448 g/mol. The van der Waals surface area contributed by atoms with Crippen molar-refractivity contribution in [2.75, 3.05) is 39.4 Å². The Labute approximate surface area is 193 Å². The van der Waals surface area contributed by atoms with Gasteiger partial charge in [0.15, 0.2) is 5.54 Å². The van der Waals surface area contributed by atoms with E-state index in [1.165, 1.54) is 4.90 Å². The van der Waals surface area contributed by atoms with Crippen molar-refractivity contribution in [2.45, 2.75) is 24.4 Å². The van der Waals surface area contributed by atoms with Gasteiger partial charge in [-0.2, -0.15) is 0 Å². The van der Waals surface area contributed by atoms with Crippen LogP contribution in [0.4, 0.5) is 4.79 Å². The maximum absolute atomic E-state index is 13.8. The van der Waals surface area contributed by atoms with Crippen LogP contribution < -0.4 is 10.6 Å². The highest BCUT2D eigenvalue weighted by atomic mass is 16.2. The molecule has 3 fully saturated rings. The zero-order valence-electron chi connectivity index (χ0n) is 18.6. The zero-order chi connectivity index (χ0) is 22.8. The van der Waals surface area contributed by atoms with Crippen molar-refractivity contribution < 1.29 is 14.4 Å². The molecule has 2 aliphatic heterocycles. The van der Waals surface area contributed by atoms with Crippen molar-refractivity contribution in [3.63, 3.8) is 0 Å². The molecule has 0 atom stereocenters. The molecule has 3 aliphatic rings. The number of piperazine rings is 1. The lowest BCUT2D eigenvalue weighted by molar-refractivity contribution is -0.132. The number of benzene rings is 2. The molecule has 5 rings (SSSR count). The molecule has 0 spiro atoms. The first kappa shape index (κ1) is 21.6. The van der Waals surface area contributed by atoms with Gasteiger partial charge < -0.3 is 10.6 Å². The number of nitrogens with zero attached hydrogens (tertiary/aromatic N) is 3. The molecular formula is C25H29N5O3. The summed E-state index contributed by atoms with van der Waals surface area (Å²) in [6.45, 7) is 3.47. The number of carbonyl (C=O) groups is 3. The quantitative estimate of drug-likeness (QED) is 0.626. The Morgan fingerprint density at radius 2 is 1.42 bits per heavy atom. The number of nitrogens with one attached hydrogen (secondary N) is 2. The zero-order valence-corrected chi connectivity index (χ0v) is 18.6. The average Bonchev–Trinajstić information content (AvgIpc) is 3.62. The molecule has 0 radical (unpaired) electrons. The van der Waals surface area contributed by atoms with E-state index in [0.29, 0.717) is 25.7 Å². The van der Waals surface area contributed by atoms with E-state index in [9.17, 15) is 14.4 Å². The Hall–Kier alpha value is -3.23. The molecule has 1 saturated carbocycles. The lowest BCUT2D eigenvalue weighted by Gasteiger charge is -2.35. The molecular weight excluding hydrogens is 418 g/mol. The molecule has 2 heterocycles. The minimum Gasteiger partial charge on any atom is -0.352 e. The van der Waals surface area contributed by atoms with Gasteiger partial charge in [-0.3, -0.25) is 19.4 Å². The second kappa shape index (κ2) is 8.96. The van der Waals surface area contributed by atoms with Gasteiger partial charge in [0, 0.05) is 32.2 Å². The molecule has 8 heteroatoms. The Morgan fingerprint density at radius 1 is 0.879 bits per heavy atom. The largest absolute Gasteiger partial charge is 0.352 e. The second-order valence-electron chi connectivity index (χ2n) is 9.02. The van der Waals surface area contributed by atoms with Crippen LogP contribution in [0.5, 0.6) is 0 Å². The molecule has 4 amide bonds. The number of imide groups is 1. The summed E-state index contributed by atoms with van der Waals surface area (Å²) in [6.07, 6.45) is 2.16. The Kier molecular flexibility index (Phi) is 5.86. The van der Waals surface area contributed by atoms with Gasteiger partial charge >= 0.3 is 6.03 Å². The summed E-state index contributed by atoms with van der Waals surface area (Å²) in [6, 6.07) is 18.8. The van der Waals surface area contributed by atoms with Gasteiger partial charge in [0.1, 0.15) is 0 Å². The number of hydrogen-bond donors (Lipinski definition) is 2. The monoisotopic (exact) mass is 447 g/mol. The topological polar surface area (TPSA) is 85.0 Å². The first-order valence-electron chi connectivity index (χ1n) is 11.6. The van der Waals surface area contributed by atoms with Crippen LogP contribution in [0.1, 0.15) is 24.0 Å². The van der Waals surface area contributed by atoms with Crippen molar-refractivity contribution >= 4 is 17.8 Å². The predicted octanol–water partition coefficient (Wildman–Crippen LogP) is 1.34. The van der Waals surface area contributed by atoms with Crippen molar-refractivity contribution in [1.82, 2.24) is 25.3 Å². The summed E-state index contributed by atoms with van der Waals surface area (Å²) < 4.78 is 0. The minimum absolute atomic E-state index is 0.0792. The summed E-state index contributed by atoms with van der Waals surface area (Å²) in [5, 5.41) is 6.02. The van der Waals surface area contributed by atoms with Gasteiger partial charge in [-0.05, 0) is 24.0 Å². The van der Waals surface area contributed by atoms with Crippen molar-refractivity contribution in [2.24, 2.45) is 0 Å². The van der Waals surface area contributed by atoms with E-state index in [4.69, 9.17) is 0 Å². The Morgan fingerprint density at radius 3 is 1.97 bits per heavy atom. The smallest absolute Gasteiger partial charge is 0.326 e. The van der Waals surface area contributed by atoms with Crippen LogP contribution in [0.25, 0.3) is 0 Å². The Balaban J connectivity index is 1.28. The van der Waals surface area contributed by atoms with Gasteiger partial charge in [-0.25, -0.2) is 9.69 Å². The van der Waals surface area contributed by atoms with E-state index in [2.05, 4.69) is 20.4 Å². The molecule has 172 valence electrons. The lowest BCUT2D eigenvalue weighted by Crippen LogP contribution is -2.53. The Bertz CT molecular complexity index is 977. The summed E-state index contributed by atoms with van der Waals surface area (Å²) >= 11 is 0. The third-order valence-electron chi connectivity index (χ3n) is 6.64. The normalized spacial score (nSPS) is 21.2. The molecule has 1 aliphatic carbocycles. The van der Waals surface area contributed by atoms with Gasteiger partial charge in [0.2, 0.25) is 5.91 Å². The number of carbonyl (C=O) groups excluding carboxylic acids is 3. The van der Waals surface area contributed by atoms with E-state index in [1.54, 1.807) is 0 Å². The van der Waals surface area contributed by atoms with E-state index in [-0.39, 0.29) is 24.5 Å². The molecule has 0 bridgehead atoms. The predicted molar refractivity (Wildman–Crippen MR) is 123 cm³/mol. The third kappa shape index (κ3) is 4.36. The van der Waals surface area contributed by atoms with Crippen molar-refractivity contribution in [3.8, 4) is 0 Å². The van der Waals surface area contributed by atoms with E-state index in [0.717, 1.165) is 37.1 Å². The fraction of sp³-hybridized carbons (Fsp3) is 0.400. The molecule has 2 N–H and O–H groups in total. The molecule has 2 aromatic carbocycles. The summed E-state index contributed by atoms with van der Waals surface area (Å²) in [5.41, 5.74) is 0.245. The summed E-state index contributed by atoms with van der Waals surface area (Å²) in [4.78, 5) is 44.4. The number of urea groups is 1. The molecule has 0 aromatic heterocycles. The SMILES string of the molecule is O=C(CN1CCN(CN2C(=O)NC(c3ccccc3)(c3ccccc3)C2=O)CC1)NC1CC1. The van der Waals surface area contributed by atoms with Crippen LogP contribution in [-0.2, 0) is 15.1 Å². The van der Waals surface area contributed by atoms with E-state index in [1.807, 2.05) is 60.7 Å². The first-order valence-corrected chi connectivity index (χ1v) is 11.6. The van der Waals surface area contributed by atoms with Crippen LogP contribution in [-0.4, -0.2) is 78.0 Å². The number of rotatable bonds is 7. The maximum atomic E-state index is 13.8. The highest BCUT2D eigenvalue weighted by Crippen LogP contribution is 2.36. The third-order valence-corrected chi connectivity index (χ3v) is 6.64. The van der Waals surface area contributed by atoms with Gasteiger partial charge in [0.05, 0.1) is 13.2 Å². The standard InChI is InChI=1S/C25H29N5O3/c31-22(26-21-11-12-21)17-28-13-15-29(16-14-28)18-30-23(32)25(27-24(30)33,19-7-3-1-4-8-19)20-9-5-2-6-10-20/h1-10,21H,11-18H2,(H,26,31)(H,27,33). The molecule has 33 heavy (non-hydrogen) atoms. The van der Waals surface area contributed by atoms with E-state index >= 15 is 0 Å². The van der Waals surface area contributed by atoms with E-state index < -0.39 is 5.54 Å². The van der Waals surface area contributed by atoms with Crippen LogP contribution in [0.3, 0.4) is 0 Å². The van der Waals surface area contributed by atoms with Crippen molar-refractivity contribution in [3.05, 3.63) is 71.8 Å². The van der Waals surface area contributed by atoms with Crippen LogP contribution >= 0.6 is 0 Å². The van der Waals surface area contributed by atoms with Crippen LogP contribution in [0.2, 0.25) is 0 Å². The minimum atomic E-state index is -1.23. The fourth-order valence-corrected chi connectivity index (χ4v) is 4.63. The van der Waals surface area contributed by atoms with Gasteiger partial charge in [-0.15, -0.1) is 0 Å². The van der Waals surface area contributed by atoms with Crippen LogP contribution in [0, 0.1) is 0 Å². The molecule has 8 nitrogen and oxygen atoms in total. The fourth-order valence-electron chi connectivity index (χ4n) is 4.63. The lowest BCUT2D eigenvalue weighted by atomic mass is 9.83. The summed E-state index contributed by atoms with van der Waals surface area (Å²) in [5.74, 6) is -0.188. The highest BCUT2D eigenvalue weighted by molar-refractivity contribution is 6.09. The molecule has 2 saturated heterocycles. The highest BCUT2D eigenvalue weighted by Gasteiger charge is 2.53.